The number of nitrogens with zero attached hydrogens (tertiary/aromatic N) is 1. The van der Waals surface area contributed by atoms with Gasteiger partial charge in [-0.2, -0.15) is 0 Å². The van der Waals surface area contributed by atoms with Gasteiger partial charge < -0.3 is 19.6 Å². The first-order valence-corrected chi connectivity index (χ1v) is 7.88. The lowest BCUT2D eigenvalue weighted by Crippen LogP contribution is -2.40. The Bertz CT molecular complexity index is 598. The zero-order valence-electron chi connectivity index (χ0n) is 13.0. The van der Waals surface area contributed by atoms with Crippen molar-refractivity contribution in [3.8, 4) is 5.75 Å². The smallest absolute Gasteiger partial charge is 0.128 e. The summed E-state index contributed by atoms with van der Waals surface area (Å²) in [6.45, 7) is 2.70. The lowest BCUT2D eigenvalue weighted by molar-refractivity contribution is 0.0462. The topological polar surface area (TPSA) is 57.7 Å². The van der Waals surface area contributed by atoms with E-state index in [1.54, 1.807) is 7.11 Å². The first-order valence-electron chi connectivity index (χ1n) is 7.88. The summed E-state index contributed by atoms with van der Waals surface area (Å²) >= 11 is 0. The molecule has 2 heterocycles. The lowest BCUT2D eigenvalue weighted by atomic mass is 10.2. The SMILES string of the molecule is COCC1CCCN1CC(O)COc1cccc2[nH]ccc12. The summed E-state index contributed by atoms with van der Waals surface area (Å²) < 4.78 is 11.1. The number of aromatic nitrogens is 1. The van der Waals surface area contributed by atoms with Crippen molar-refractivity contribution in [3.63, 3.8) is 0 Å². The second-order valence-electron chi connectivity index (χ2n) is 5.91. The molecule has 0 amide bonds. The number of fused-ring (bicyclic) bond motifs is 1. The molecule has 1 aliphatic rings. The van der Waals surface area contributed by atoms with Crippen LogP contribution in [0.1, 0.15) is 12.8 Å². The monoisotopic (exact) mass is 304 g/mol. The minimum absolute atomic E-state index is 0.306. The third-order valence-electron chi connectivity index (χ3n) is 4.29. The maximum atomic E-state index is 10.3. The Morgan fingerprint density at radius 2 is 2.32 bits per heavy atom. The number of β-amino-alcohol motifs (C(OH)–C–C–N with tert-alkyl or cyclic N) is 1. The van der Waals surface area contributed by atoms with Crippen LogP contribution < -0.4 is 4.74 Å². The number of aliphatic hydroxyl groups excluding tert-OH is 1. The van der Waals surface area contributed by atoms with Gasteiger partial charge >= 0.3 is 0 Å². The molecule has 1 aromatic heterocycles. The molecule has 22 heavy (non-hydrogen) atoms. The van der Waals surface area contributed by atoms with Crippen molar-refractivity contribution < 1.29 is 14.6 Å². The van der Waals surface area contributed by atoms with Crippen LogP contribution in [0.25, 0.3) is 10.9 Å². The summed E-state index contributed by atoms with van der Waals surface area (Å²) in [6, 6.07) is 8.32. The fourth-order valence-corrected chi connectivity index (χ4v) is 3.21. The molecular weight excluding hydrogens is 280 g/mol. The van der Waals surface area contributed by atoms with Crippen LogP contribution in [-0.4, -0.2) is 60.5 Å². The van der Waals surface area contributed by atoms with Crippen LogP contribution in [0.5, 0.6) is 5.75 Å². The molecule has 0 bridgehead atoms. The molecule has 2 aromatic rings. The van der Waals surface area contributed by atoms with E-state index >= 15 is 0 Å². The number of aliphatic hydroxyl groups is 1. The van der Waals surface area contributed by atoms with Gasteiger partial charge in [0, 0.05) is 36.8 Å². The molecule has 1 aliphatic heterocycles. The van der Waals surface area contributed by atoms with Gasteiger partial charge in [0.25, 0.3) is 0 Å². The molecule has 3 rings (SSSR count). The van der Waals surface area contributed by atoms with E-state index in [0.29, 0.717) is 19.2 Å². The highest BCUT2D eigenvalue weighted by molar-refractivity contribution is 5.85. The zero-order chi connectivity index (χ0) is 15.4. The van der Waals surface area contributed by atoms with Crippen LogP contribution in [0.2, 0.25) is 0 Å². The van der Waals surface area contributed by atoms with Gasteiger partial charge in [0.1, 0.15) is 18.5 Å². The maximum absolute atomic E-state index is 10.3. The molecule has 5 heteroatoms. The Kier molecular flexibility index (Phi) is 4.97. The van der Waals surface area contributed by atoms with Gasteiger partial charge in [-0.25, -0.2) is 0 Å². The van der Waals surface area contributed by atoms with E-state index in [4.69, 9.17) is 9.47 Å². The van der Waals surface area contributed by atoms with E-state index in [1.165, 1.54) is 6.42 Å². The third-order valence-corrected chi connectivity index (χ3v) is 4.29. The van der Waals surface area contributed by atoms with Gasteiger partial charge in [0.15, 0.2) is 0 Å². The van der Waals surface area contributed by atoms with Crippen LogP contribution in [0.15, 0.2) is 30.5 Å². The standard InChI is InChI=1S/C17H24N2O3/c1-21-11-13-4-3-9-19(13)10-14(20)12-22-17-6-2-5-16-15(17)7-8-18-16/h2,5-8,13-14,18,20H,3-4,9-12H2,1H3. The van der Waals surface area contributed by atoms with Crippen molar-refractivity contribution in [3.05, 3.63) is 30.5 Å². The summed E-state index contributed by atoms with van der Waals surface area (Å²) in [6.07, 6.45) is 3.72. The van der Waals surface area contributed by atoms with Gasteiger partial charge in [-0.3, -0.25) is 4.90 Å². The molecular formula is C17H24N2O3. The number of rotatable bonds is 7. The summed E-state index contributed by atoms with van der Waals surface area (Å²) in [5, 5.41) is 11.3. The highest BCUT2D eigenvalue weighted by atomic mass is 16.5. The van der Waals surface area contributed by atoms with Crippen LogP contribution in [0.4, 0.5) is 0 Å². The Labute approximate surface area is 130 Å². The summed E-state index contributed by atoms with van der Waals surface area (Å²) in [5.74, 6) is 0.813. The molecule has 2 unspecified atom stereocenters. The predicted octanol–water partition coefficient (Wildman–Crippen LogP) is 2.02. The van der Waals surface area contributed by atoms with Crippen molar-refractivity contribution in [2.24, 2.45) is 0 Å². The van der Waals surface area contributed by atoms with Crippen molar-refractivity contribution in [2.75, 3.05) is 33.4 Å². The van der Waals surface area contributed by atoms with Crippen molar-refractivity contribution in [2.45, 2.75) is 25.0 Å². The van der Waals surface area contributed by atoms with E-state index in [-0.39, 0.29) is 0 Å². The van der Waals surface area contributed by atoms with Crippen molar-refractivity contribution in [1.82, 2.24) is 9.88 Å². The largest absolute Gasteiger partial charge is 0.490 e. The minimum atomic E-state index is -0.494. The molecule has 0 saturated carbocycles. The fourth-order valence-electron chi connectivity index (χ4n) is 3.21. The Hall–Kier alpha value is -1.56. The van der Waals surface area contributed by atoms with Crippen LogP contribution >= 0.6 is 0 Å². The molecule has 120 valence electrons. The van der Waals surface area contributed by atoms with Crippen LogP contribution in [0, 0.1) is 0 Å². The number of methoxy groups -OCH3 is 1. The third kappa shape index (κ3) is 3.43. The van der Waals surface area contributed by atoms with E-state index < -0.39 is 6.10 Å². The highest BCUT2D eigenvalue weighted by Gasteiger charge is 2.26. The number of ether oxygens (including phenoxy) is 2. The number of aromatic amines is 1. The van der Waals surface area contributed by atoms with Gasteiger partial charge in [-0.05, 0) is 37.6 Å². The molecule has 0 radical (unpaired) electrons. The molecule has 1 fully saturated rings. The molecule has 1 saturated heterocycles. The number of hydrogen-bond donors (Lipinski definition) is 2. The summed E-state index contributed by atoms with van der Waals surface area (Å²) in [7, 11) is 1.73. The molecule has 2 atom stereocenters. The quantitative estimate of drug-likeness (QED) is 0.821. The minimum Gasteiger partial charge on any atom is -0.490 e. The average molecular weight is 304 g/mol. The van der Waals surface area contributed by atoms with Crippen molar-refractivity contribution in [1.29, 1.82) is 0 Å². The summed E-state index contributed by atoms with van der Waals surface area (Å²) in [5.41, 5.74) is 1.05. The van der Waals surface area contributed by atoms with Crippen LogP contribution in [-0.2, 0) is 4.74 Å². The molecule has 5 nitrogen and oxygen atoms in total. The Balaban J connectivity index is 1.54. The second kappa shape index (κ2) is 7.13. The first kappa shape index (κ1) is 15.3. The van der Waals surface area contributed by atoms with Gasteiger partial charge in [-0.1, -0.05) is 6.07 Å². The Morgan fingerprint density at radius 3 is 3.18 bits per heavy atom. The molecule has 2 N–H and O–H groups in total. The first-order chi connectivity index (χ1) is 10.8. The molecule has 1 aromatic carbocycles. The summed E-state index contributed by atoms with van der Waals surface area (Å²) in [4.78, 5) is 5.46. The number of nitrogens with one attached hydrogen (secondary N) is 1. The van der Waals surface area contributed by atoms with Gasteiger partial charge in [0.05, 0.1) is 6.61 Å². The normalized spacial score (nSPS) is 20.5. The Morgan fingerprint density at radius 1 is 1.41 bits per heavy atom. The lowest BCUT2D eigenvalue weighted by Gasteiger charge is -2.26. The molecule has 0 spiro atoms. The number of benzene rings is 1. The van der Waals surface area contributed by atoms with Gasteiger partial charge in [-0.15, -0.1) is 0 Å². The fraction of sp³-hybridized carbons (Fsp3) is 0.529. The number of H-pyrrole nitrogens is 1. The van der Waals surface area contributed by atoms with E-state index in [9.17, 15) is 5.11 Å². The number of hydrogen-bond acceptors (Lipinski definition) is 4. The maximum Gasteiger partial charge on any atom is 0.128 e. The van der Waals surface area contributed by atoms with Crippen LogP contribution in [0.3, 0.4) is 0 Å². The molecule has 0 aliphatic carbocycles. The highest BCUT2D eigenvalue weighted by Crippen LogP contribution is 2.24. The van der Waals surface area contributed by atoms with E-state index in [1.807, 2.05) is 30.5 Å². The second-order valence-corrected chi connectivity index (χ2v) is 5.91. The van der Waals surface area contributed by atoms with Gasteiger partial charge in [0.2, 0.25) is 0 Å². The van der Waals surface area contributed by atoms with Crippen molar-refractivity contribution >= 4 is 10.9 Å². The van der Waals surface area contributed by atoms with E-state index in [2.05, 4.69) is 9.88 Å². The zero-order valence-corrected chi connectivity index (χ0v) is 13.0. The number of likely N-dealkylation sites (tertiary alicyclic amines) is 1. The van der Waals surface area contributed by atoms with E-state index in [0.717, 1.165) is 36.2 Å². The average Bonchev–Trinajstić information content (AvgIpc) is 3.15. The predicted molar refractivity (Wildman–Crippen MR) is 86.3 cm³/mol.